The van der Waals surface area contributed by atoms with Gasteiger partial charge in [0.2, 0.25) is 0 Å². The Morgan fingerprint density at radius 1 is 1.22 bits per heavy atom. The molecule has 0 unspecified atom stereocenters. The molecule has 94 valence electrons. The first kappa shape index (κ1) is 13.5. The predicted octanol–water partition coefficient (Wildman–Crippen LogP) is 4.50. The summed E-state index contributed by atoms with van der Waals surface area (Å²) in [6, 6.07) is 5.09. The Balaban J connectivity index is 2.36. The van der Waals surface area contributed by atoms with E-state index in [9.17, 15) is 0 Å². The molecule has 18 heavy (non-hydrogen) atoms. The second-order valence-electron chi connectivity index (χ2n) is 3.85. The Kier molecular flexibility index (Phi) is 4.33. The van der Waals surface area contributed by atoms with Crippen molar-refractivity contribution >= 4 is 40.6 Å². The van der Waals surface area contributed by atoms with Crippen molar-refractivity contribution in [3.05, 3.63) is 56.7 Å². The molecule has 0 heterocycles. The van der Waals surface area contributed by atoms with Gasteiger partial charge >= 0.3 is 0 Å². The summed E-state index contributed by atoms with van der Waals surface area (Å²) >= 11 is 18.0. The molecule has 2 nitrogen and oxygen atoms in total. The van der Waals surface area contributed by atoms with Crippen molar-refractivity contribution in [1.82, 2.24) is 0 Å². The lowest BCUT2D eigenvalue weighted by atomic mass is 10.1. The molecule has 1 aliphatic rings. The van der Waals surface area contributed by atoms with Gasteiger partial charge < -0.3 is 5.73 Å². The number of hydrogen-bond acceptors (Lipinski definition) is 1. The van der Waals surface area contributed by atoms with Crippen LogP contribution in [0.5, 0.6) is 0 Å². The monoisotopic (exact) mass is 300 g/mol. The van der Waals surface area contributed by atoms with Crippen LogP contribution in [-0.2, 0) is 0 Å². The lowest BCUT2D eigenvalue weighted by Crippen LogP contribution is -2.14. The van der Waals surface area contributed by atoms with E-state index in [4.69, 9.17) is 40.5 Å². The molecule has 5 heteroatoms. The van der Waals surface area contributed by atoms with Gasteiger partial charge in [-0.3, -0.25) is 0 Å². The summed E-state index contributed by atoms with van der Waals surface area (Å²) in [7, 11) is 0. The molecule has 1 aliphatic carbocycles. The van der Waals surface area contributed by atoms with Crippen molar-refractivity contribution in [3.8, 4) is 0 Å². The Hall–Kier alpha value is -0.960. The first-order chi connectivity index (χ1) is 8.58. The van der Waals surface area contributed by atoms with Crippen molar-refractivity contribution in [3.63, 3.8) is 0 Å². The van der Waals surface area contributed by atoms with Crippen LogP contribution >= 0.6 is 34.8 Å². The summed E-state index contributed by atoms with van der Waals surface area (Å²) in [5.74, 6) is 0.330. The van der Waals surface area contributed by atoms with E-state index >= 15 is 0 Å². The molecule has 0 radical (unpaired) electrons. The molecule has 0 saturated heterocycles. The lowest BCUT2D eigenvalue weighted by molar-refractivity contribution is 0.989. The Bertz CT molecular complexity index is 559. The van der Waals surface area contributed by atoms with Gasteiger partial charge in [-0.05, 0) is 37.1 Å². The summed E-state index contributed by atoms with van der Waals surface area (Å²) in [6.45, 7) is 0. The molecule has 0 bridgehead atoms. The number of halogens is 3. The summed E-state index contributed by atoms with van der Waals surface area (Å²) in [6.07, 6.45) is 5.60. The maximum Gasteiger partial charge on any atom is 0.132 e. The summed E-state index contributed by atoms with van der Waals surface area (Å²) in [5, 5.41) is 1.75. The third-order valence-corrected chi connectivity index (χ3v) is 3.46. The van der Waals surface area contributed by atoms with Crippen LogP contribution in [0.15, 0.2) is 46.1 Å². The average molecular weight is 302 g/mol. The largest absolute Gasteiger partial charge is 0.383 e. The van der Waals surface area contributed by atoms with E-state index in [1.807, 2.05) is 12.2 Å². The van der Waals surface area contributed by atoms with E-state index in [0.717, 1.165) is 12.8 Å². The first-order valence-corrected chi connectivity index (χ1v) is 6.56. The number of hydrogen-bond donors (Lipinski definition) is 1. The number of allylic oxidation sites excluding steroid dienone is 3. The Morgan fingerprint density at radius 3 is 2.67 bits per heavy atom. The van der Waals surface area contributed by atoms with E-state index in [1.54, 1.807) is 18.2 Å². The first-order valence-electron chi connectivity index (χ1n) is 5.42. The van der Waals surface area contributed by atoms with Crippen molar-refractivity contribution in [2.24, 2.45) is 10.7 Å². The highest BCUT2D eigenvalue weighted by molar-refractivity contribution is 6.37. The van der Waals surface area contributed by atoms with Gasteiger partial charge in [-0.25, -0.2) is 4.99 Å². The van der Waals surface area contributed by atoms with E-state index in [1.165, 1.54) is 0 Å². The molecule has 0 spiro atoms. The van der Waals surface area contributed by atoms with Crippen LogP contribution < -0.4 is 5.73 Å². The predicted molar refractivity (Wildman–Crippen MR) is 78.4 cm³/mol. The fourth-order valence-corrected chi connectivity index (χ4v) is 2.33. The number of benzene rings is 1. The van der Waals surface area contributed by atoms with Crippen LogP contribution in [-0.4, -0.2) is 5.84 Å². The second-order valence-corrected chi connectivity index (χ2v) is 5.15. The molecule has 2 N–H and O–H groups in total. The van der Waals surface area contributed by atoms with E-state index in [-0.39, 0.29) is 0 Å². The molecule has 0 aliphatic heterocycles. The quantitative estimate of drug-likeness (QED) is 0.634. The maximum absolute atomic E-state index is 6.09. The van der Waals surface area contributed by atoms with Crippen LogP contribution in [0.2, 0.25) is 10.0 Å². The van der Waals surface area contributed by atoms with Gasteiger partial charge in [0.1, 0.15) is 5.84 Å². The zero-order chi connectivity index (χ0) is 13.1. The maximum atomic E-state index is 6.09. The molecule has 0 aromatic heterocycles. The van der Waals surface area contributed by atoms with Crippen LogP contribution in [0.4, 0.5) is 0 Å². The van der Waals surface area contributed by atoms with Gasteiger partial charge in [0.05, 0.1) is 10.7 Å². The van der Waals surface area contributed by atoms with E-state index in [2.05, 4.69) is 4.99 Å². The minimum atomic E-state index is 0.330. The summed E-state index contributed by atoms with van der Waals surface area (Å²) in [4.78, 5) is 4.31. The fourth-order valence-electron chi connectivity index (χ4n) is 1.61. The molecular formula is C13H11Cl3N2. The Labute approximate surface area is 121 Å². The second kappa shape index (κ2) is 5.79. The Morgan fingerprint density at radius 2 is 2.00 bits per heavy atom. The molecule has 0 saturated carbocycles. The third kappa shape index (κ3) is 3.08. The topological polar surface area (TPSA) is 38.4 Å². The van der Waals surface area contributed by atoms with Gasteiger partial charge in [0.25, 0.3) is 0 Å². The molecule has 1 aromatic rings. The molecule has 0 fully saturated rings. The molecule has 0 atom stereocenters. The van der Waals surface area contributed by atoms with Gasteiger partial charge in [-0.2, -0.15) is 0 Å². The van der Waals surface area contributed by atoms with Crippen LogP contribution in [0, 0.1) is 0 Å². The highest BCUT2D eigenvalue weighted by Gasteiger charge is 2.09. The number of amidine groups is 1. The van der Waals surface area contributed by atoms with Gasteiger partial charge in [0, 0.05) is 15.6 Å². The normalized spacial score (nSPS) is 16.3. The van der Waals surface area contributed by atoms with Crippen molar-refractivity contribution < 1.29 is 0 Å². The van der Waals surface area contributed by atoms with Gasteiger partial charge in [0.15, 0.2) is 0 Å². The van der Waals surface area contributed by atoms with Gasteiger partial charge in [-0.1, -0.05) is 40.9 Å². The zero-order valence-electron chi connectivity index (χ0n) is 9.46. The lowest BCUT2D eigenvalue weighted by Gasteiger charge is -2.09. The minimum absolute atomic E-state index is 0.330. The van der Waals surface area contributed by atoms with Crippen LogP contribution in [0.3, 0.4) is 0 Å². The molecule has 0 amide bonds. The number of rotatable bonds is 2. The third-order valence-electron chi connectivity index (χ3n) is 2.53. The van der Waals surface area contributed by atoms with Gasteiger partial charge in [-0.15, -0.1) is 0 Å². The van der Waals surface area contributed by atoms with E-state index in [0.29, 0.717) is 32.2 Å². The smallest absolute Gasteiger partial charge is 0.132 e. The molecule has 1 aromatic carbocycles. The van der Waals surface area contributed by atoms with Crippen molar-refractivity contribution in [2.75, 3.05) is 0 Å². The highest BCUT2D eigenvalue weighted by atomic mass is 35.5. The minimum Gasteiger partial charge on any atom is -0.383 e. The summed E-state index contributed by atoms with van der Waals surface area (Å²) in [5.41, 5.74) is 7.27. The van der Waals surface area contributed by atoms with Crippen molar-refractivity contribution in [2.45, 2.75) is 12.8 Å². The average Bonchev–Trinajstić information content (AvgIpc) is 2.32. The van der Waals surface area contributed by atoms with Crippen molar-refractivity contribution in [1.29, 1.82) is 0 Å². The van der Waals surface area contributed by atoms with E-state index < -0.39 is 0 Å². The number of nitrogens with two attached hydrogens (primary N) is 1. The number of nitrogens with zero attached hydrogens (tertiary/aromatic N) is 1. The summed E-state index contributed by atoms with van der Waals surface area (Å²) < 4.78 is 0. The van der Waals surface area contributed by atoms with Crippen LogP contribution in [0.1, 0.15) is 18.4 Å². The number of aliphatic imine (C=N–C) groups is 1. The highest BCUT2D eigenvalue weighted by Crippen LogP contribution is 2.25. The fraction of sp³-hybridized carbons (Fsp3) is 0.154. The zero-order valence-corrected chi connectivity index (χ0v) is 11.7. The molecular weight excluding hydrogens is 291 g/mol. The standard InChI is InChI=1S/C13H11Cl3N2/c14-8-5-6-9(11(16)7-8)13(17)18-12-4-2-1-3-10(12)15/h2,4-7H,1,3H2,(H2,17,18). The van der Waals surface area contributed by atoms with Crippen LogP contribution in [0.25, 0.3) is 0 Å². The molecule has 2 rings (SSSR count). The SMILES string of the molecule is NC(=NC1=C(Cl)CCC=C1)c1ccc(Cl)cc1Cl.